The lowest BCUT2D eigenvalue weighted by atomic mass is 10.3. The molecule has 1 unspecified atom stereocenters. The highest BCUT2D eigenvalue weighted by atomic mass is 16.5. The minimum absolute atomic E-state index is 0.181. The van der Waals surface area contributed by atoms with Gasteiger partial charge in [-0.1, -0.05) is 12.1 Å². The van der Waals surface area contributed by atoms with Gasteiger partial charge in [0.25, 0.3) is 0 Å². The number of hydrogen-bond donors (Lipinski definition) is 0. The quantitative estimate of drug-likeness (QED) is 0.640. The molecule has 5 heteroatoms. The standard InChI is InChI=1S/C20H17N3O2/c1-14(6-5-13-21)24-16-9-11-17(12-10-16)25-20-15(2)22-18-7-3-4-8-19(18)23-20/h3-12,14H,1-2H3. The van der Waals surface area contributed by atoms with Gasteiger partial charge < -0.3 is 9.47 Å². The number of para-hydroxylation sites is 2. The van der Waals surface area contributed by atoms with E-state index in [2.05, 4.69) is 9.97 Å². The van der Waals surface area contributed by atoms with Gasteiger partial charge in [0.2, 0.25) is 5.88 Å². The van der Waals surface area contributed by atoms with Gasteiger partial charge in [-0.2, -0.15) is 5.26 Å². The van der Waals surface area contributed by atoms with Crippen LogP contribution in [0.5, 0.6) is 17.4 Å². The Hall–Kier alpha value is -3.39. The molecule has 3 aromatic rings. The zero-order valence-electron chi connectivity index (χ0n) is 14.0. The minimum Gasteiger partial charge on any atom is -0.487 e. The van der Waals surface area contributed by atoms with Crippen LogP contribution in [0.2, 0.25) is 0 Å². The predicted octanol–water partition coefficient (Wildman–Crippen LogP) is 4.58. The first-order valence-corrected chi connectivity index (χ1v) is 7.90. The van der Waals surface area contributed by atoms with Gasteiger partial charge in [-0.3, -0.25) is 0 Å². The zero-order valence-corrected chi connectivity index (χ0v) is 14.0. The molecule has 0 radical (unpaired) electrons. The van der Waals surface area contributed by atoms with Crippen molar-refractivity contribution >= 4 is 11.0 Å². The third-order valence-corrected chi connectivity index (χ3v) is 3.50. The number of nitriles is 1. The Labute approximate surface area is 146 Å². The Kier molecular flexibility index (Phi) is 4.91. The van der Waals surface area contributed by atoms with Gasteiger partial charge in [-0.15, -0.1) is 0 Å². The number of benzene rings is 2. The SMILES string of the molecule is Cc1nc2ccccc2nc1Oc1ccc(OC(C)C=CC#N)cc1. The van der Waals surface area contributed by atoms with Crippen molar-refractivity contribution in [3.63, 3.8) is 0 Å². The average Bonchev–Trinajstić information content (AvgIpc) is 2.62. The summed E-state index contributed by atoms with van der Waals surface area (Å²) >= 11 is 0. The summed E-state index contributed by atoms with van der Waals surface area (Å²) in [4.78, 5) is 9.03. The van der Waals surface area contributed by atoms with Crippen LogP contribution < -0.4 is 9.47 Å². The molecule has 5 nitrogen and oxygen atoms in total. The molecule has 124 valence electrons. The molecule has 0 aliphatic carbocycles. The van der Waals surface area contributed by atoms with Crippen molar-refractivity contribution in [1.82, 2.24) is 9.97 Å². The highest BCUT2D eigenvalue weighted by Gasteiger charge is 2.08. The van der Waals surface area contributed by atoms with Gasteiger partial charge in [-0.25, -0.2) is 9.97 Å². The maximum Gasteiger partial charge on any atom is 0.241 e. The largest absolute Gasteiger partial charge is 0.487 e. The van der Waals surface area contributed by atoms with Crippen LogP contribution in [0.4, 0.5) is 0 Å². The highest BCUT2D eigenvalue weighted by Crippen LogP contribution is 2.26. The van der Waals surface area contributed by atoms with E-state index < -0.39 is 0 Å². The number of hydrogen-bond acceptors (Lipinski definition) is 5. The number of fused-ring (bicyclic) bond motifs is 1. The topological polar surface area (TPSA) is 68.0 Å². The Morgan fingerprint density at radius 3 is 2.32 bits per heavy atom. The van der Waals surface area contributed by atoms with Crippen LogP contribution in [0.15, 0.2) is 60.7 Å². The van der Waals surface area contributed by atoms with E-state index in [1.807, 2.05) is 68.4 Å². The summed E-state index contributed by atoms with van der Waals surface area (Å²) in [7, 11) is 0. The fourth-order valence-electron chi connectivity index (χ4n) is 2.30. The molecule has 0 aliphatic rings. The van der Waals surface area contributed by atoms with Gasteiger partial charge in [0, 0.05) is 6.08 Å². The number of rotatable bonds is 5. The summed E-state index contributed by atoms with van der Waals surface area (Å²) in [6.07, 6.45) is 2.92. The molecule has 0 bridgehead atoms. The molecular weight excluding hydrogens is 314 g/mol. The molecular formula is C20H17N3O2. The van der Waals surface area contributed by atoms with Crippen molar-refractivity contribution in [2.75, 3.05) is 0 Å². The van der Waals surface area contributed by atoms with E-state index in [-0.39, 0.29) is 6.10 Å². The van der Waals surface area contributed by atoms with Gasteiger partial charge in [0.1, 0.15) is 23.3 Å². The van der Waals surface area contributed by atoms with Crippen molar-refractivity contribution in [2.45, 2.75) is 20.0 Å². The van der Waals surface area contributed by atoms with Gasteiger partial charge in [0.15, 0.2) is 0 Å². The molecule has 2 aromatic carbocycles. The van der Waals surface area contributed by atoms with Crippen LogP contribution in [0.25, 0.3) is 11.0 Å². The summed E-state index contributed by atoms with van der Waals surface area (Å²) in [5, 5.41) is 8.53. The van der Waals surface area contributed by atoms with E-state index in [0.29, 0.717) is 17.4 Å². The summed E-state index contributed by atoms with van der Waals surface area (Å²) in [5.41, 5.74) is 2.37. The number of ether oxygens (including phenoxy) is 2. The van der Waals surface area contributed by atoms with Crippen LogP contribution in [-0.4, -0.2) is 16.1 Å². The Morgan fingerprint density at radius 1 is 1.00 bits per heavy atom. The molecule has 0 amide bonds. The van der Waals surface area contributed by atoms with Crippen molar-refractivity contribution in [2.24, 2.45) is 0 Å². The summed E-state index contributed by atoms with van der Waals surface area (Å²) < 4.78 is 11.5. The minimum atomic E-state index is -0.181. The first-order valence-electron chi connectivity index (χ1n) is 7.90. The highest BCUT2D eigenvalue weighted by molar-refractivity contribution is 5.74. The third kappa shape index (κ3) is 4.12. The van der Waals surface area contributed by atoms with Crippen molar-refractivity contribution < 1.29 is 9.47 Å². The maximum atomic E-state index is 8.53. The van der Waals surface area contributed by atoms with Crippen LogP contribution in [0.1, 0.15) is 12.6 Å². The molecule has 1 aromatic heterocycles. The van der Waals surface area contributed by atoms with Crippen LogP contribution in [0.3, 0.4) is 0 Å². The fraction of sp³-hybridized carbons (Fsp3) is 0.150. The molecule has 0 fully saturated rings. The normalized spacial score (nSPS) is 12.0. The smallest absolute Gasteiger partial charge is 0.241 e. The van der Waals surface area contributed by atoms with E-state index >= 15 is 0 Å². The molecule has 0 aliphatic heterocycles. The number of allylic oxidation sites excluding steroid dienone is 1. The van der Waals surface area contributed by atoms with Crippen molar-refractivity contribution in [3.05, 3.63) is 66.4 Å². The average molecular weight is 331 g/mol. The third-order valence-electron chi connectivity index (χ3n) is 3.50. The van der Waals surface area contributed by atoms with Crippen LogP contribution in [0, 0.1) is 18.3 Å². The number of nitrogens with zero attached hydrogens (tertiary/aromatic N) is 3. The molecule has 0 saturated carbocycles. The second kappa shape index (κ2) is 7.45. The Bertz CT molecular complexity index is 943. The lowest BCUT2D eigenvalue weighted by molar-refractivity contribution is 0.269. The van der Waals surface area contributed by atoms with Crippen molar-refractivity contribution in [3.8, 4) is 23.4 Å². The number of aryl methyl sites for hydroxylation is 1. The van der Waals surface area contributed by atoms with Crippen LogP contribution in [-0.2, 0) is 0 Å². The lowest BCUT2D eigenvalue weighted by Gasteiger charge is -2.12. The summed E-state index contributed by atoms with van der Waals surface area (Å²) in [5.74, 6) is 1.83. The van der Waals surface area contributed by atoms with E-state index in [1.165, 1.54) is 6.08 Å². The van der Waals surface area contributed by atoms with Crippen molar-refractivity contribution in [1.29, 1.82) is 5.26 Å². The van der Waals surface area contributed by atoms with Gasteiger partial charge in [-0.05, 0) is 56.3 Å². The van der Waals surface area contributed by atoms with Crippen LogP contribution >= 0.6 is 0 Å². The first kappa shape index (κ1) is 16.5. The molecule has 1 atom stereocenters. The van der Waals surface area contributed by atoms with E-state index in [0.717, 1.165) is 16.7 Å². The monoisotopic (exact) mass is 331 g/mol. The summed E-state index contributed by atoms with van der Waals surface area (Å²) in [6.45, 7) is 3.74. The predicted molar refractivity (Wildman–Crippen MR) is 95.6 cm³/mol. The molecule has 3 rings (SSSR count). The van der Waals surface area contributed by atoms with E-state index in [9.17, 15) is 0 Å². The van der Waals surface area contributed by atoms with Gasteiger partial charge in [0.05, 0.1) is 17.1 Å². The van der Waals surface area contributed by atoms with E-state index in [4.69, 9.17) is 14.7 Å². The second-order valence-electron chi connectivity index (χ2n) is 5.49. The molecule has 1 heterocycles. The summed E-state index contributed by atoms with van der Waals surface area (Å²) in [6, 6.07) is 16.9. The second-order valence-corrected chi connectivity index (χ2v) is 5.49. The molecule has 25 heavy (non-hydrogen) atoms. The van der Waals surface area contributed by atoms with E-state index in [1.54, 1.807) is 6.08 Å². The molecule has 0 spiro atoms. The fourth-order valence-corrected chi connectivity index (χ4v) is 2.30. The molecule has 0 N–H and O–H groups in total. The maximum absolute atomic E-state index is 8.53. The number of aromatic nitrogens is 2. The Morgan fingerprint density at radius 2 is 1.64 bits per heavy atom. The van der Waals surface area contributed by atoms with Gasteiger partial charge >= 0.3 is 0 Å². The first-order chi connectivity index (χ1) is 12.2. The Balaban J connectivity index is 1.74. The molecule has 0 saturated heterocycles. The lowest BCUT2D eigenvalue weighted by Crippen LogP contribution is -2.07. The zero-order chi connectivity index (χ0) is 17.6.